The van der Waals surface area contributed by atoms with Crippen molar-refractivity contribution in [2.75, 3.05) is 25.4 Å². The van der Waals surface area contributed by atoms with Gasteiger partial charge < -0.3 is 5.11 Å². The molecule has 1 aliphatic rings. The molecule has 1 unspecified atom stereocenters. The van der Waals surface area contributed by atoms with Crippen LogP contribution in [-0.2, 0) is 0 Å². The molecular weight excluding hydrogens is 227 g/mol. The molecule has 0 bridgehead atoms. The van der Waals surface area contributed by atoms with Crippen LogP contribution in [0.3, 0.4) is 0 Å². The van der Waals surface area contributed by atoms with Gasteiger partial charge in [0.25, 0.3) is 0 Å². The molecule has 1 saturated heterocycles. The molecule has 1 aliphatic heterocycles. The normalized spacial score (nSPS) is 24.4. The first kappa shape index (κ1) is 13.1. The molecule has 0 aliphatic carbocycles. The Balaban J connectivity index is 2.23. The summed E-state index contributed by atoms with van der Waals surface area (Å²) in [5.41, 5.74) is -4.13. The number of likely N-dealkylation sites (tertiary alicyclic amines) is 1. The van der Waals surface area contributed by atoms with E-state index in [1.807, 2.05) is 4.90 Å². The molecule has 0 aromatic carbocycles. The number of nitrogens with zero attached hydrogens (tertiary/aromatic N) is 1. The molecule has 90 valence electrons. The SMILES string of the molecule is OCC1CCCCN1CCSC(F)(F)F. The number of rotatable bonds is 4. The summed E-state index contributed by atoms with van der Waals surface area (Å²) in [6, 6.07) is 0.0626. The summed E-state index contributed by atoms with van der Waals surface area (Å²) in [7, 11) is 0. The second-order valence-electron chi connectivity index (χ2n) is 3.66. The minimum absolute atomic E-state index is 0.0164. The number of hydrogen-bond donors (Lipinski definition) is 1. The summed E-state index contributed by atoms with van der Waals surface area (Å²) < 4.78 is 35.7. The third-order valence-corrected chi connectivity index (χ3v) is 3.32. The van der Waals surface area contributed by atoms with Crippen LogP contribution in [0.1, 0.15) is 19.3 Å². The van der Waals surface area contributed by atoms with Gasteiger partial charge in [0.05, 0.1) is 6.61 Å². The van der Waals surface area contributed by atoms with Gasteiger partial charge in [-0.05, 0) is 31.1 Å². The van der Waals surface area contributed by atoms with Gasteiger partial charge in [0.15, 0.2) is 0 Å². The first-order chi connectivity index (χ1) is 7.03. The van der Waals surface area contributed by atoms with Crippen molar-refractivity contribution in [2.24, 2.45) is 0 Å². The van der Waals surface area contributed by atoms with Crippen molar-refractivity contribution in [3.63, 3.8) is 0 Å². The van der Waals surface area contributed by atoms with Gasteiger partial charge in [-0.1, -0.05) is 6.42 Å². The standard InChI is InChI=1S/C9H16F3NOS/c10-9(11,12)15-6-5-13-4-2-1-3-8(13)7-14/h8,14H,1-7H2. The molecule has 0 spiro atoms. The third-order valence-electron chi connectivity index (χ3n) is 2.60. The highest BCUT2D eigenvalue weighted by Crippen LogP contribution is 2.30. The number of aliphatic hydroxyl groups is 1. The molecule has 1 rings (SSSR count). The zero-order valence-electron chi connectivity index (χ0n) is 8.46. The van der Waals surface area contributed by atoms with Crippen molar-refractivity contribution in [1.29, 1.82) is 0 Å². The lowest BCUT2D eigenvalue weighted by molar-refractivity contribution is -0.0329. The molecule has 15 heavy (non-hydrogen) atoms. The molecular formula is C9H16F3NOS. The number of alkyl halides is 3. The molecule has 0 aromatic heterocycles. The van der Waals surface area contributed by atoms with Crippen molar-refractivity contribution in [3.05, 3.63) is 0 Å². The zero-order chi connectivity index (χ0) is 11.3. The number of hydrogen-bond acceptors (Lipinski definition) is 3. The Kier molecular flexibility index (Phi) is 5.22. The zero-order valence-corrected chi connectivity index (χ0v) is 9.28. The number of thioether (sulfide) groups is 1. The van der Waals surface area contributed by atoms with E-state index in [1.165, 1.54) is 0 Å². The van der Waals surface area contributed by atoms with Gasteiger partial charge >= 0.3 is 5.51 Å². The van der Waals surface area contributed by atoms with Crippen LogP contribution in [0.25, 0.3) is 0 Å². The van der Waals surface area contributed by atoms with Crippen LogP contribution >= 0.6 is 11.8 Å². The van der Waals surface area contributed by atoms with Crippen LogP contribution in [-0.4, -0.2) is 47.0 Å². The monoisotopic (exact) mass is 243 g/mol. The van der Waals surface area contributed by atoms with Crippen LogP contribution < -0.4 is 0 Å². The van der Waals surface area contributed by atoms with Crippen LogP contribution in [0.4, 0.5) is 13.2 Å². The lowest BCUT2D eigenvalue weighted by atomic mass is 10.0. The van der Waals surface area contributed by atoms with E-state index >= 15 is 0 Å². The van der Waals surface area contributed by atoms with Gasteiger partial charge in [-0.15, -0.1) is 0 Å². The minimum atomic E-state index is -4.13. The second-order valence-corrected chi connectivity index (χ2v) is 4.82. The molecule has 1 heterocycles. The molecule has 0 aromatic rings. The lowest BCUT2D eigenvalue weighted by Gasteiger charge is -2.34. The summed E-state index contributed by atoms with van der Waals surface area (Å²) in [6.45, 7) is 1.27. The summed E-state index contributed by atoms with van der Waals surface area (Å²) in [5.74, 6) is 0.0556. The Labute approximate surface area is 91.8 Å². The lowest BCUT2D eigenvalue weighted by Crippen LogP contribution is -2.43. The summed E-state index contributed by atoms with van der Waals surface area (Å²) in [5, 5.41) is 9.05. The third kappa shape index (κ3) is 5.08. The van der Waals surface area contributed by atoms with Gasteiger partial charge in [0.2, 0.25) is 0 Å². The molecule has 0 saturated carbocycles. The van der Waals surface area contributed by atoms with Crippen LogP contribution in [0.2, 0.25) is 0 Å². The number of piperidine rings is 1. The smallest absolute Gasteiger partial charge is 0.395 e. The summed E-state index contributed by atoms with van der Waals surface area (Å²) >= 11 is 0.0164. The summed E-state index contributed by atoms with van der Waals surface area (Å²) in [6.07, 6.45) is 2.98. The Morgan fingerprint density at radius 1 is 1.33 bits per heavy atom. The van der Waals surface area contributed by atoms with E-state index in [0.717, 1.165) is 25.8 Å². The van der Waals surface area contributed by atoms with Gasteiger partial charge in [-0.2, -0.15) is 13.2 Å². The number of aliphatic hydroxyl groups excluding tert-OH is 1. The summed E-state index contributed by atoms with van der Waals surface area (Å²) in [4.78, 5) is 1.96. The molecule has 0 radical (unpaired) electrons. The molecule has 6 heteroatoms. The molecule has 1 fully saturated rings. The first-order valence-electron chi connectivity index (χ1n) is 5.08. The highest BCUT2D eigenvalue weighted by molar-refractivity contribution is 8.00. The van der Waals surface area contributed by atoms with Gasteiger partial charge in [-0.3, -0.25) is 4.90 Å². The van der Waals surface area contributed by atoms with Crippen LogP contribution in [0.15, 0.2) is 0 Å². The fourth-order valence-corrected chi connectivity index (χ4v) is 2.40. The van der Waals surface area contributed by atoms with Crippen molar-refractivity contribution in [1.82, 2.24) is 4.90 Å². The van der Waals surface area contributed by atoms with E-state index in [-0.39, 0.29) is 30.2 Å². The van der Waals surface area contributed by atoms with E-state index in [0.29, 0.717) is 6.54 Å². The van der Waals surface area contributed by atoms with E-state index in [2.05, 4.69) is 0 Å². The van der Waals surface area contributed by atoms with Crippen molar-refractivity contribution in [2.45, 2.75) is 30.8 Å². The van der Waals surface area contributed by atoms with Gasteiger partial charge in [0, 0.05) is 18.3 Å². The largest absolute Gasteiger partial charge is 0.441 e. The number of halogens is 3. The Morgan fingerprint density at radius 2 is 2.07 bits per heavy atom. The Morgan fingerprint density at radius 3 is 2.67 bits per heavy atom. The molecule has 0 amide bonds. The quantitative estimate of drug-likeness (QED) is 0.818. The fourth-order valence-electron chi connectivity index (χ4n) is 1.84. The first-order valence-corrected chi connectivity index (χ1v) is 6.07. The fraction of sp³-hybridized carbons (Fsp3) is 1.00. The Bertz CT molecular complexity index is 189. The average Bonchev–Trinajstić information content (AvgIpc) is 2.16. The topological polar surface area (TPSA) is 23.5 Å². The maximum absolute atomic E-state index is 11.9. The predicted molar refractivity (Wildman–Crippen MR) is 54.8 cm³/mol. The highest BCUT2D eigenvalue weighted by Gasteiger charge is 2.29. The molecule has 1 atom stereocenters. The van der Waals surface area contributed by atoms with Crippen molar-refractivity contribution in [3.8, 4) is 0 Å². The second kappa shape index (κ2) is 5.96. The van der Waals surface area contributed by atoms with Gasteiger partial charge in [-0.25, -0.2) is 0 Å². The van der Waals surface area contributed by atoms with Crippen molar-refractivity contribution < 1.29 is 18.3 Å². The van der Waals surface area contributed by atoms with E-state index in [4.69, 9.17) is 5.11 Å². The maximum atomic E-state index is 11.9. The van der Waals surface area contributed by atoms with Crippen LogP contribution in [0.5, 0.6) is 0 Å². The maximum Gasteiger partial charge on any atom is 0.441 e. The minimum Gasteiger partial charge on any atom is -0.395 e. The van der Waals surface area contributed by atoms with E-state index in [9.17, 15) is 13.2 Å². The average molecular weight is 243 g/mol. The van der Waals surface area contributed by atoms with Crippen molar-refractivity contribution >= 4 is 11.8 Å². The predicted octanol–water partition coefficient (Wildman–Crippen LogP) is 2.09. The van der Waals surface area contributed by atoms with Gasteiger partial charge in [0.1, 0.15) is 0 Å². The van der Waals surface area contributed by atoms with Crippen LogP contribution in [0, 0.1) is 0 Å². The molecule has 2 nitrogen and oxygen atoms in total. The van der Waals surface area contributed by atoms with E-state index < -0.39 is 5.51 Å². The Hall–Kier alpha value is 0.0600. The highest BCUT2D eigenvalue weighted by atomic mass is 32.2. The molecule has 1 N–H and O–H groups in total. The van der Waals surface area contributed by atoms with E-state index in [1.54, 1.807) is 0 Å².